The molecular formula is C10H13FN2O4S. The topological polar surface area (TPSA) is 98.5 Å². The van der Waals surface area contributed by atoms with Crippen LogP contribution in [0.1, 0.15) is 6.92 Å². The van der Waals surface area contributed by atoms with Gasteiger partial charge in [-0.05, 0) is 19.1 Å². The van der Waals surface area contributed by atoms with Crippen LogP contribution in [0.25, 0.3) is 0 Å². The smallest absolute Gasteiger partial charge is 0.325 e. The van der Waals surface area contributed by atoms with Crippen molar-refractivity contribution in [3.05, 3.63) is 24.0 Å². The molecule has 8 heteroatoms. The molecule has 0 amide bonds. The van der Waals surface area contributed by atoms with Crippen LogP contribution in [0.4, 0.5) is 15.8 Å². The van der Waals surface area contributed by atoms with Crippen molar-refractivity contribution >= 4 is 27.4 Å². The molecule has 0 heterocycles. The number of carbonyl (C=O) groups is 1. The van der Waals surface area contributed by atoms with Crippen molar-refractivity contribution in [1.82, 2.24) is 0 Å². The number of nitrogens with one attached hydrogen (secondary N) is 1. The molecule has 3 N–H and O–H groups in total. The Morgan fingerprint density at radius 3 is 2.61 bits per heavy atom. The lowest BCUT2D eigenvalue weighted by Crippen LogP contribution is -2.33. The van der Waals surface area contributed by atoms with Crippen LogP contribution in [0.2, 0.25) is 0 Å². The normalized spacial score (nSPS) is 12.8. The molecule has 1 atom stereocenters. The van der Waals surface area contributed by atoms with Crippen LogP contribution in [0, 0.1) is 5.82 Å². The molecule has 0 saturated heterocycles. The number of nitrogens with two attached hydrogens (primary N) is 1. The summed E-state index contributed by atoms with van der Waals surface area (Å²) in [6.07, 6.45) is 0. The fraction of sp³-hybridized carbons (Fsp3) is 0.300. The summed E-state index contributed by atoms with van der Waals surface area (Å²) < 4.78 is 43.0. The van der Waals surface area contributed by atoms with Gasteiger partial charge in [0.2, 0.25) is 10.0 Å². The van der Waals surface area contributed by atoms with Crippen LogP contribution in [0.5, 0.6) is 0 Å². The summed E-state index contributed by atoms with van der Waals surface area (Å²) in [4.78, 5) is 11.1. The van der Waals surface area contributed by atoms with E-state index in [0.717, 1.165) is 13.2 Å². The number of esters is 1. The Kier molecular flexibility index (Phi) is 4.12. The number of halogens is 1. The zero-order chi connectivity index (χ0) is 13.9. The van der Waals surface area contributed by atoms with Gasteiger partial charge in [-0.3, -0.25) is 9.52 Å². The zero-order valence-electron chi connectivity index (χ0n) is 9.81. The Morgan fingerprint density at radius 1 is 1.50 bits per heavy atom. The van der Waals surface area contributed by atoms with Gasteiger partial charge in [0, 0.05) is 6.07 Å². The largest absolute Gasteiger partial charge is 0.468 e. The Morgan fingerprint density at radius 2 is 2.11 bits per heavy atom. The van der Waals surface area contributed by atoms with Gasteiger partial charge in [0.05, 0.1) is 18.5 Å². The zero-order valence-corrected chi connectivity index (χ0v) is 10.6. The van der Waals surface area contributed by atoms with E-state index < -0.39 is 27.1 Å². The number of anilines is 2. The lowest BCUT2D eigenvalue weighted by atomic mass is 10.3. The first-order valence-corrected chi connectivity index (χ1v) is 6.47. The third kappa shape index (κ3) is 3.10. The molecule has 6 nitrogen and oxygen atoms in total. The maximum atomic E-state index is 13.1. The van der Waals surface area contributed by atoms with Gasteiger partial charge in [-0.25, -0.2) is 12.8 Å². The minimum absolute atomic E-state index is 0.0162. The van der Waals surface area contributed by atoms with Gasteiger partial charge < -0.3 is 10.5 Å². The molecule has 0 aromatic heterocycles. The third-order valence-corrected chi connectivity index (χ3v) is 3.90. The number of carbonyl (C=O) groups excluding carboxylic acids is 1. The molecule has 1 aromatic rings. The van der Waals surface area contributed by atoms with E-state index in [1.54, 1.807) is 0 Å². The number of nitrogen functional groups attached to an aromatic ring is 1. The van der Waals surface area contributed by atoms with Crippen molar-refractivity contribution in [2.45, 2.75) is 12.2 Å². The van der Waals surface area contributed by atoms with E-state index in [1.165, 1.54) is 19.1 Å². The molecule has 100 valence electrons. The number of rotatable bonds is 4. The molecule has 0 fully saturated rings. The second-order valence-electron chi connectivity index (χ2n) is 3.55. The highest BCUT2D eigenvalue weighted by atomic mass is 32.2. The lowest BCUT2D eigenvalue weighted by molar-refractivity contribution is -0.139. The second-order valence-corrected chi connectivity index (χ2v) is 5.55. The van der Waals surface area contributed by atoms with Crippen LogP contribution in [0.15, 0.2) is 18.2 Å². The summed E-state index contributed by atoms with van der Waals surface area (Å²) >= 11 is 0. The first-order valence-electron chi connectivity index (χ1n) is 4.92. The van der Waals surface area contributed by atoms with Gasteiger partial charge >= 0.3 is 5.97 Å². The van der Waals surface area contributed by atoms with Crippen molar-refractivity contribution in [3.8, 4) is 0 Å². The molecule has 0 radical (unpaired) electrons. The van der Waals surface area contributed by atoms with Crippen LogP contribution in [-0.4, -0.2) is 26.7 Å². The van der Waals surface area contributed by atoms with Crippen LogP contribution in [-0.2, 0) is 19.6 Å². The van der Waals surface area contributed by atoms with E-state index >= 15 is 0 Å². The molecule has 0 bridgehead atoms. The van der Waals surface area contributed by atoms with Gasteiger partial charge in [-0.2, -0.15) is 0 Å². The molecular weight excluding hydrogens is 263 g/mol. The van der Waals surface area contributed by atoms with E-state index in [-0.39, 0.29) is 11.4 Å². The molecule has 1 aromatic carbocycles. The van der Waals surface area contributed by atoms with Crippen LogP contribution >= 0.6 is 0 Å². The summed E-state index contributed by atoms with van der Waals surface area (Å²) in [5, 5.41) is -1.40. The van der Waals surface area contributed by atoms with Crippen molar-refractivity contribution in [3.63, 3.8) is 0 Å². The van der Waals surface area contributed by atoms with Gasteiger partial charge in [0.25, 0.3) is 0 Å². The van der Waals surface area contributed by atoms with Gasteiger partial charge in [0.1, 0.15) is 5.82 Å². The Balaban J connectivity index is 2.95. The minimum atomic E-state index is -3.99. The number of benzene rings is 1. The van der Waals surface area contributed by atoms with Crippen LogP contribution < -0.4 is 10.5 Å². The van der Waals surface area contributed by atoms with Crippen molar-refractivity contribution in [2.24, 2.45) is 0 Å². The minimum Gasteiger partial charge on any atom is -0.468 e. The number of ether oxygens (including phenoxy) is 1. The molecule has 18 heavy (non-hydrogen) atoms. The maximum absolute atomic E-state index is 13.1. The van der Waals surface area contributed by atoms with E-state index in [0.29, 0.717) is 0 Å². The van der Waals surface area contributed by atoms with Gasteiger partial charge in [-0.1, -0.05) is 0 Å². The number of methoxy groups -OCH3 is 1. The first-order chi connectivity index (χ1) is 8.27. The monoisotopic (exact) mass is 276 g/mol. The summed E-state index contributed by atoms with van der Waals surface area (Å²) in [7, 11) is -2.91. The highest BCUT2D eigenvalue weighted by Crippen LogP contribution is 2.18. The van der Waals surface area contributed by atoms with Crippen LogP contribution in [0.3, 0.4) is 0 Å². The molecule has 0 aliphatic heterocycles. The quantitative estimate of drug-likeness (QED) is 0.623. The average Bonchev–Trinajstić information content (AvgIpc) is 2.31. The van der Waals surface area contributed by atoms with E-state index in [2.05, 4.69) is 9.46 Å². The SMILES string of the molecule is COC(=O)C(C)S(=O)(=O)Nc1ccc(N)c(F)c1. The summed E-state index contributed by atoms with van der Waals surface area (Å²) in [5.74, 6) is -1.65. The fourth-order valence-corrected chi connectivity index (χ4v) is 2.12. The predicted molar refractivity (Wildman–Crippen MR) is 64.8 cm³/mol. The van der Waals surface area contributed by atoms with Crippen molar-refractivity contribution in [2.75, 3.05) is 17.6 Å². The number of hydrogen-bond acceptors (Lipinski definition) is 5. The summed E-state index contributed by atoms with van der Waals surface area (Å²) in [6.45, 7) is 1.17. The molecule has 0 aliphatic rings. The average molecular weight is 276 g/mol. The fourth-order valence-electron chi connectivity index (χ4n) is 1.14. The highest BCUT2D eigenvalue weighted by molar-refractivity contribution is 7.94. The second kappa shape index (κ2) is 5.21. The van der Waals surface area contributed by atoms with Gasteiger partial charge in [-0.15, -0.1) is 0 Å². The maximum Gasteiger partial charge on any atom is 0.325 e. The summed E-state index contributed by atoms with van der Waals surface area (Å²) in [5.41, 5.74) is 5.14. The predicted octanol–water partition coefficient (Wildman–Crippen LogP) is 0.711. The summed E-state index contributed by atoms with van der Waals surface area (Å²) in [6, 6.07) is 3.44. The number of hydrogen-bond donors (Lipinski definition) is 2. The third-order valence-electron chi connectivity index (χ3n) is 2.26. The first kappa shape index (κ1) is 14.2. The Hall–Kier alpha value is -1.83. The lowest BCUT2D eigenvalue weighted by Gasteiger charge is -2.13. The van der Waals surface area contributed by atoms with E-state index in [4.69, 9.17) is 5.73 Å². The van der Waals surface area contributed by atoms with Gasteiger partial charge in [0.15, 0.2) is 5.25 Å². The molecule has 0 aliphatic carbocycles. The standard InChI is InChI=1S/C10H13FN2O4S/c1-6(10(14)17-2)18(15,16)13-7-3-4-9(12)8(11)5-7/h3-6,13H,12H2,1-2H3. The van der Waals surface area contributed by atoms with E-state index in [9.17, 15) is 17.6 Å². The molecule has 0 saturated carbocycles. The highest BCUT2D eigenvalue weighted by Gasteiger charge is 2.28. The molecule has 1 unspecified atom stereocenters. The molecule has 1 rings (SSSR count). The number of sulfonamides is 1. The molecule has 0 spiro atoms. The Bertz CT molecular complexity index is 559. The van der Waals surface area contributed by atoms with Crippen molar-refractivity contribution < 1.29 is 22.3 Å². The Labute approximate surface area is 104 Å². The van der Waals surface area contributed by atoms with Crippen molar-refractivity contribution in [1.29, 1.82) is 0 Å². The van der Waals surface area contributed by atoms with E-state index in [1.807, 2.05) is 0 Å².